The molecular weight excluding hydrogens is 178 g/mol. The molecule has 1 amide bonds. The molecule has 1 saturated heterocycles. The standard InChI is InChI=1S/C10H21N3O/c1-3-12-10(14)8-13-5-4-11-6-9(2)7-13/h9,11H,3-8H2,1-2H3,(H,12,14). The third kappa shape index (κ3) is 4.07. The highest BCUT2D eigenvalue weighted by molar-refractivity contribution is 5.77. The minimum absolute atomic E-state index is 0.140. The van der Waals surface area contributed by atoms with Crippen molar-refractivity contribution in [1.29, 1.82) is 0 Å². The van der Waals surface area contributed by atoms with Crippen LogP contribution in [0.3, 0.4) is 0 Å². The quantitative estimate of drug-likeness (QED) is 0.654. The van der Waals surface area contributed by atoms with Crippen LogP contribution in [0, 0.1) is 5.92 Å². The first kappa shape index (κ1) is 11.5. The first-order valence-corrected chi connectivity index (χ1v) is 5.42. The van der Waals surface area contributed by atoms with E-state index in [9.17, 15) is 4.79 Å². The van der Waals surface area contributed by atoms with Crippen LogP contribution in [0.15, 0.2) is 0 Å². The first-order valence-electron chi connectivity index (χ1n) is 5.42. The van der Waals surface area contributed by atoms with E-state index >= 15 is 0 Å². The zero-order valence-corrected chi connectivity index (χ0v) is 9.18. The predicted molar refractivity (Wildman–Crippen MR) is 57.2 cm³/mol. The van der Waals surface area contributed by atoms with Crippen molar-refractivity contribution in [2.24, 2.45) is 5.92 Å². The summed E-state index contributed by atoms with van der Waals surface area (Å²) in [6.45, 7) is 9.47. The van der Waals surface area contributed by atoms with Crippen LogP contribution in [-0.4, -0.2) is 50.1 Å². The molecule has 1 atom stereocenters. The molecule has 0 aromatic heterocycles. The molecule has 82 valence electrons. The highest BCUT2D eigenvalue weighted by Gasteiger charge is 2.16. The van der Waals surface area contributed by atoms with Crippen LogP contribution in [0.4, 0.5) is 0 Å². The van der Waals surface area contributed by atoms with Crippen LogP contribution in [0.5, 0.6) is 0 Å². The molecule has 14 heavy (non-hydrogen) atoms. The van der Waals surface area contributed by atoms with E-state index in [2.05, 4.69) is 22.5 Å². The Morgan fingerprint density at radius 3 is 3.14 bits per heavy atom. The third-order valence-corrected chi connectivity index (χ3v) is 2.41. The molecule has 1 rings (SSSR count). The number of carbonyl (C=O) groups is 1. The number of hydrogen-bond acceptors (Lipinski definition) is 3. The molecule has 2 N–H and O–H groups in total. The number of hydrogen-bond donors (Lipinski definition) is 2. The van der Waals surface area contributed by atoms with Gasteiger partial charge in [0.1, 0.15) is 0 Å². The van der Waals surface area contributed by atoms with Gasteiger partial charge in [0, 0.05) is 26.2 Å². The predicted octanol–water partition coefficient (Wildman–Crippen LogP) is -0.336. The number of carbonyl (C=O) groups excluding carboxylic acids is 1. The molecule has 1 unspecified atom stereocenters. The Morgan fingerprint density at radius 1 is 1.64 bits per heavy atom. The van der Waals surface area contributed by atoms with Gasteiger partial charge in [-0.2, -0.15) is 0 Å². The van der Waals surface area contributed by atoms with E-state index in [-0.39, 0.29) is 5.91 Å². The van der Waals surface area contributed by atoms with Crippen LogP contribution >= 0.6 is 0 Å². The Hall–Kier alpha value is -0.610. The monoisotopic (exact) mass is 199 g/mol. The van der Waals surface area contributed by atoms with Gasteiger partial charge in [-0.25, -0.2) is 0 Å². The zero-order valence-electron chi connectivity index (χ0n) is 9.18. The second kappa shape index (κ2) is 5.98. The third-order valence-electron chi connectivity index (χ3n) is 2.41. The average Bonchev–Trinajstić information content (AvgIpc) is 2.30. The molecule has 1 aliphatic heterocycles. The summed E-state index contributed by atoms with van der Waals surface area (Å²) in [5.74, 6) is 0.772. The van der Waals surface area contributed by atoms with E-state index in [1.807, 2.05) is 6.92 Å². The molecule has 0 aliphatic carbocycles. The van der Waals surface area contributed by atoms with E-state index in [1.165, 1.54) is 0 Å². The first-order chi connectivity index (χ1) is 6.72. The summed E-state index contributed by atoms with van der Waals surface area (Å²) in [6, 6.07) is 0. The molecule has 0 saturated carbocycles. The van der Waals surface area contributed by atoms with Crippen LogP contribution in [0.2, 0.25) is 0 Å². The lowest BCUT2D eigenvalue weighted by molar-refractivity contribution is -0.122. The Labute approximate surface area is 86.0 Å². The van der Waals surface area contributed by atoms with Crippen molar-refractivity contribution < 1.29 is 4.79 Å². The SMILES string of the molecule is CCNC(=O)CN1CCNCC(C)C1. The summed E-state index contributed by atoms with van der Waals surface area (Å²) < 4.78 is 0. The van der Waals surface area contributed by atoms with Gasteiger partial charge in [0.15, 0.2) is 0 Å². The van der Waals surface area contributed by atoms with Gasteiger partial charge in [0.2, 0.25) is 5.91 Å². The smallest absolute Gasteiger partial charge is 0.234 e. The second-order valence-electron chi connectivity index (χ2n) is 4.00. The fraction of sp³-hybridized carbons (Fsp3) is 0.900. The molecule has 0 spiro atoms. The van der Waals surface area contributed by atoms with E-state index in [0.717, 1.165) is 32.7 Å². The largest absolute Gasteiger partial charge is 0.355 e. The van der Waals surface area contributed by atoms with Crippen LogP contribution < -0.4 is 10.6 Å². The number of nitrogens with one attached hydrogen (secondary N) is 2. The van der Waals surface area contributed by atoms with Gasteiger partial charge >= 0.3 is 0 Å². The van der Waals surface area contributed by atoms with Gasteiger partial charge in [-0.05, 0) is 19.4 Å². The zero-order chi connectivity index (χ0) is 10.4. The van der Waals surface area contributed by atoms with Crippen molar-refractivity contribution in [3.8, 4) is 0 Å². The molecular formula is C10H21N3O. The van der Waals surface area contributed by atoms with Gasteiger partial charge < -0.3 is 10.6 Å². The minimum Gasteiger partial charge on any atom is -0.355 e. The van der Waals surface area contributed by atoms with Crippen molar-refractivity contribution in [2.75, 3.05) is 39.3 Å². The van der Waals surface area contributed by atoms with Crippen molar-refractivity contribution in [3.63, 3.8) is 0 Å². The van der Waals surface area contributed by atoms with Crippen molar-refractivity contribution >= 4 is 5.91 Å². The molecule has 0 aromatic rings. The normalized spacial score (nSPS) is 24.3. The summed E-state index contributed by atoms with van der Waals surface area (Å²) in [6.07, 6.45) is 0. The van der Waals surface area contributed by atoms with E-state index in [0.29, 0.717) is 12.5 Å². The topological polar surface area (TPSA) is 44.4 Å². The van der Waals surface area contributed by atoms with Gasteiger partial charge in [-0.1, -0.05) is 6.92 Å². The highest BCUT2D eigenvalue weighted by atomic mass is 16.2. The lowest BCUT2D eigenvalue weighted by Crippen LogP contribution is -2.39. The summed E-state index contributed by atoms with van der Waals surface area (Å²) in [5, 5.41) is 6.19. The van der Waals surface area contributed by atoms with Gasteiger partial charge in [0.25, 0.3) is 0 Å². The van der Waals surface area contributed by atoms with E-state index < -0.39 is 0 Å². The Morgan fingerprint density at radius 2 is 2.43 bits per heavy atom. The fourth-order valence-corrected chi connectivity index (χ4v) is 1.78. The lowest BCUT2D eigenvalue weighted by Gasteiger charge is -2.20. The number of amides is 1. The molecule has 4 nitrogen and oxygen atoms in total. The number of rotatable bonds is 3. The van der Waals surface area contributed by atoms with Crippen LogP contribution in [0.1, 0.15) is 13.8 Å². The maximum absolute atomic E-state index is 11.4. The van der Waals surface area contributed by atoms with Gasteiger partial charge in [0.05, 0.1) is 6.54 Å². The Kier molecular flexibility index (Phi) is 4.90. The van der Waals surface area contributed by atoms with Gasteiger partial charge in [-0.15, -0.1) is 0 Å². The summed E-state index contributed by atoms with van der Waals surface area (Å²) in [7, 11) is 0. The molecule has 1 fully saturated rings. The van der Waals surface area contributed by atoms with E-state index in [4.69, 9.17) is 0 Å². The maximum atomic E-state index is 11.4. The highest BCUT2D eigenvalue weighted by Crippen LogP contribution is 2.01. The average molecular weight is 199 g/mol. The second-order valence-corrected chi connectivity index (χ2v) is 4.00. The van der Waals surface area contributed by atoms with Crippen molar-refractivity contribution in [2.45, 2.75) is 13.8 Å². The van der Waals surface area contributed by atoms with Crippen molar-refractivity contribution in [3.05, 3.63) is 0 Å². The summed E-state index contributed by atoms with van der Waals surface area (Å²) in [5.41, 5.74) is 0. The van der Waals surface area contributed by atoms with Crippen LogP contribution in [0.25, 0.3) is 0 Å². The van der Waals surface area contributed by atoms with Gasteiger partial charge in [-0.3, -0.25) is 9.69 Å². The van der Waals surface area contributed by atoms with Crippen LogP contribution in [-0.2, 0) is 4.79 Å². The molecule has 1 aliphatic rings. The molecule has 0 aromatic carbocycles. The van der Waals surface area contributed by atoms with E-state index in [1.54, 1.807) is 0 Å². The fourth-order valence-electron chi connectivity index (χ4n) is 1.78. The summed E-state index contributed by atoms with van der Waals surface area (Å²) in [4.78, 5) is 13.6. The summed E-state index contributed by atoms with van der Waals surface area (Å²) >= 11 is 0. The number of likely N-dealkylation sites (N-methyl/N-ethyl adjacent to an activating group) is 1. The Bertz CT molecular complexity index is 184. The molecule has 0 bridgehead atoms. The number of nitrogens with zero attached hydrogens (tertiary/aromatic N) is 1. The molecule has 1 heterocycles. The molecule has 4 heteroatoms. The molecule has 0 radical (unpaired) electrons. The minimum atomic E-state index is 0.140. The Balaban J connectivity index is 2.31. The lowest BCUT2D eigenvalue weighted by atomic mass is 10.2. The maximum Gasteiger partial charge on any atom is 0.234 e. The van der Waals surface area contributed by atoms with Crippen molar-refractivity contribution in [1.82, 2.24) is 15.5 Å².